The van der Waals surface area contributed by atoms with Crippen LogP contribution >= 0.6 is 11.6 Å². The van der Waals surface area contributed by atoms with Gasteiger partial charge in [0.2, 0.25) is 10.0 Å². The number of unbranched alkanes of at least 4 members (excludes halogenated alkanes) is 1. The summed E-state index contributed by atoms with van der Waals surface area (Å²) in [4.78, 5) is 0. The van der Waals surface area contributed by atoms with E-state index in [2.05, 4.69) is 4.72 Å². The third-order valence-corrected chi connectivity index (χ3v) is 5.33. The Morgan fingerprint density at radius 1 is 1.37 bits per heavy atom. The van der Waals surface area contributed by atoms with E-state index in [1.165, 1.54) is 0 Å². The first-order valence-corrected chi connectivity index (χ1v) is 8.74. The van der Waals surface area contributed by atoms with Crippen molar-refractivity contribution in [2.45, 2.75) is 38.0 Å². The maximum atomic E-state index is 11.8. The third kappa shape index (κ3) is 3.94. The van der Waals surface area contributed by atoms with E-state index in [-0.39, 0.29) is 11.2 Å². The fourth-order valence-corrected chi connectivity index (χ4v) is 3.69. The summed E-state index contributed by atoms with van der Waals surface area (Å²) >= 11 is 6.00. The van der Waals surface area contributed by atoms with Gasteiger partial charge < -0.3 is 0 Å². The van der Waals surface area contributed by atoms with E-state index in [9.17, 15) is 8.42 Å². The smallest absolute Gasteiger partial charge is 0.211 e. The van der Waals surface area contributed by atoms with Gasteiger partial charge in [-0.3, -0.25) is 0 Å². The van der Waals surface area contributed by atoms with Gasteiger partial charge in [-0.2, -0.15) is 0 Å². The van der Waals surface area contributed by atoms with Crippen LogP contribution in [0.3, 0.4) is 0 Å². The molecule has 3 nitrogen and oxygen atoms in total. The number of benzene rings is 1. The Kier molecular flexibility index (Phi) is 4.54. The largest absolute Gasteiger partial charge is 0.214 e. The Morgan fingerprint density at radius 2 is 2.11 bits per heavy atom. The summed E-state index contributed by atoms with van der Waals surface area (Å²) in [7, 11) is -3.14. The normalized spacial score (nSPS) is 17.4. The van der Waals surface area contributed by atoms with E-state index in [1.54, 1.807) is 0 Å². The number of hydrogen-bond donors (Lipinski definition) is 1. The Labute approximate surface area is 120 Å². The van der Waals surface area contributed by atoms with Gasteiger partial charge in [0.05, 0.1) is 5.75 Å². The van der Waals surface area contributed by atoms with Crippen LogP contribution < -0.4 is 4.72 Å². The third-order valence-electron chi connectivity index (χ3n) is 3.69. The number of hydrogen-bond acceptors (Lipinski definition) is 2. The second-order valence-electron chi connectivity index (χ2n) is 5.28. The first kappa shape index (κ1) is 14.8. The molecule has 0 aromatic heterocycles. The molecule has 1 fully saturated rings. The average molecular weight is 302 g/mol. The van der Waals surface area contributed by atoms with Gasteiger partial charge in [0.1, 0.15) is 0 Å². The Balaban J connectivity index is 1.99. The molecule has 0 spiro atoms. The molecule has 1 aromatic carbocycles. The lowest BCUT2D eigenvalue weighted by molar-refractivity contribution is 0.564. The molecule has 1 aromatic rings. The second-order valence-corrected chi connectivity index (χ2v) is 7.65. The van der Waals surface area contributed by atoms with Crippen LogP contribution in [0, 0.1) is 0 Å². The highest BCUT2D eigenvalue weighted by Gasteiger charge is 2.44. The Hall–Kier alpha value is -0.580. The molecule has 2 rings (SSSR count). The predicted octanol–water partition coefficient (Wildman–Crippen LogP) is 3.09. The van der Waals surface area contributed by atoms with Crippen molar-refractivity contribution < 1.29 is 8.42 Å². The topological polar surface area (TPSA) is 46.2 Å². The molecular weight excluding hydrogens is 282 g/mol. The summed E-state index contributed by atoms with van der Waals surface area (Å²) in [5.41, 5.74) is 1.10. The molecule has 0 heterocycles. The molecule has 1 N–H and O–H groups in total. The lowest BCUT2D eigenvalue weighted by atomic mass is 9.96. The molecule has 1 aliphatic rings. The zero-order chi connectivity index (χ0) is 13.9. The number of nitrogens with one attached hydrogen (secondary N) is 1. The van der Waals surface area contributed by atoms with Gasteiger partial charge in [0.25, 0.3) is 0 Å². The van der Waals surface area contributed by atoms with E-state index < -0.39 is 10.0 Å². The Bertz CT molecular complexity index is 538. The minimum Gasteiger partial charge on any atom is -0.214 e. The highest BCUT2D eigenvalue weighted by molar-refractivity contribution is 7.89. The fourth-order valence-electron chi connectivity index (χ4n) is 2.19. The van der Waals surface area contributed by atoms with Crippen LogP contribution in [0.2, 0.25) is 5.02 Å². The first-order chi connectivity index (χ1) is 8.97. The molecule has 0 radical (unpaired) electrons. The highest BCUT2D eigenvalue weighted by atomic mass is 35.5. The molecule has 1 aliphatic carbocycles. The second kappa shape index (κ2) is 5.81. The predicted molar refractivity (Wildman–Crippen MR) is 79.1 cm³/mol. The van der Waals surface area contributed by atoms with Gasteiger partial charge in [-0.25, -0.2) is 13.1 Å². The van der Waals surface area contributed by atoms with Crippen LogP contribution in [0.4, 0.5) is 0 Å². The van der Waals surface area contributed by atoms with Crippen molar-refractivity contribution in [3.63, 3.8) is 0 Å². The molecule has 5 heteroatoms. The van der Waals surface area contributed by atoms with Crippen LogP contribution in [0.1, 0.15) is 38.2 Å². The number of sulfonamides is 1. The number of rotatable bonds is 7. The SMILES string of the molecule is CCCCS(=O)(=O)NCC1(c2cccc(Cl)c2)CC1. The van der Waals surface area contributed by atoms with Crippen LogP contribution in [0.15, 0.2) is 24.3 Å². The Morgan fingerprint density at radius 3 is 2.68 bits per heavy atom. The van der Waals surface area contributed by atoms with Gasteiger partial charge in [-0.1, -0.05) is 37.1 Å². The molecule has 0 unspecified atom stereocenters. The van der Waals surface area contributed by atoms with Crippen molar-refractivity contribution in [1.82, 2.24) is 4.72 Å². The van der Waals surface area contributed by atoms with E-state index in [1.807, 2.05) is 31.2 Å². The fraction of sp³-hybridized carbons (Fsp3) is 0.571. The highest BCUT2D eigenvalue weighted by Crippen LogP contribution is 2.48. The van der Waals surface area contributed by atoms with Gasteiger partial charge in [-0.05, 0) is 37.0 Å². The van der Waals surface area contributed by atoms with Crippen LogP contribution in [-0.2, 0) is 15.4 Å². The summed E-state index contributed by atoms with van der Waals surface area (Å²) < 4.78 is 26.4. The maximum Gasteiger partial charge on any atom is 0.211 e. The van der Waals surface area contributed by atoms with Crippen molar-refractivity contribution in [2.75, 3.05) is 12.3 Å². The van der Waals surface area contributed by atoms with Crippen LogP contribution in [0.5, 0.6) is 0 Å². The van der Waals surface area contributed by atoms with Crippen LogP contribution in [-0.4, -0.2) is 20.7 Å². The molecule has 106 valence electrons. The maximum absolute atomic E-state index is 11.8. The molecule has 0 amide bonds. The molecule has 0 bridgehead atoms. The zero-order valence-electron chi connectivity index (χ0n) is 11.2. The molecular formula is C14H20ClNO2S. The summed E-state index contributed by atoms with van der Waals surface area (Å²) in [6, 6.07) is 7.73. The molecule has 0 saturated heterocycles. The van der Waals surface area contributed by atoms with E-state index in [4.69, 9.17) is 11.6 Å². The van der Waals surface area contributed by atoms with Gasteiger partial charge in [0.15, 0.2) is 0 Å². The van der Waals surface area contributed by atoms with Crippen LogP contribution in [0.25, 0.3) is 0 Å². The van der Waals surface area contributed by atoms with Gasteiger partial charge in [-0.15, -0.1) is 0 Å². The summed E-state index contributed by atoms with van der Waals surface area (Å²) in [6.45, 7) is 2.48. The van der Waals surface area contributed by atoms with Gasteiger partial charge >= 0.3 is 0 Å². The van der Waals surface area contributed by atoms with E-state index >= 15 is 0 Å². The van der Waals surface area contributed by atoms with Crippen molar-refractivity contribution in [3.8, 4) is 0 Å². The standard InChI is InChI=1S/C14H20ClNO2S/c1-2-3-9-19(17,18)16-11-14(7-8-14)12-5-4-6-13(15)10-12/h4-6,10,16H,2-3,7-9,11H2,1H3. The van der Waals surface area contributed by atoms with Crippen molar-refractivity contribution in [2.24, 2.45) is 0 Å². The van der Waals surface area contributed by atoms with E-state index in [0.29, 0.717) is 18.0 Å². The minimum absolute atomic E-state index is 0.0375. The molecule has 1 saturated carbocycles. The lowest BCUT2D eigenvalue weighted by Crippen LogP contribution is -2.33. The van der Waals surface area contributed by atoms with Crippen molar-refractivity contribution in [1.29, 1.82) is 0 Å². The monoisotopic (exact) mass is 301 g/mol. The molecule has 0 aliphatic heterocycles. The first-order valence-electron chi connectivity index (χ1n) is 6.71. The van der Waals surface area contributed by atoms with Crippen molar-refractivity contribution in [3.05, 3.63) is 34.9 Å². The lowest BCUT2D eigenvalue weighted by Gasteiger charge is -2.17. The summed E-state index contributed by atoms with van der Waals surface area (Å²) in [5.74, 6) is 0.217. The molecule has 19 heavy (non-hydrogen) atoms. The zero-order valence-corrected chi connectivity index (χ0v) is 12.7. The van der Waals surface area contributed by atoms with Gasteiger partial charge in [0, 0.05) is 17.0 Å². The summed E-state index contributed by atoms with van der Waals surface area (Å²) in [5, 5.41) is 0.706. The minimum atomic E-state index is -3.14. The number of halogens is 1. The quantitative estimate of drug-likeness (QED) is 0.841. The van der Waals surface area contributed by atoms with Crippen molar-refractivity contribution >= 4 is 21.6 Å². The average Bonchev–Trinajstić information content (AvgIpc) is 3.16. The summed E-state index contributed by atoms with van der Waals surface area (Å²) in [6.07, 6.45) is 3.63. The van der Waals surface area contributed by atoms with E-state index in [0.717, 1.165) is 24.8 Å². The molecule has 0 atom stereocenters.